The first-order valence-electron chi connectivity index (χ1n) is 8.47. The van der Waals surface area contributed by atoms with E-state index < -0.39 is 5.60 Å². The van der Waals surface area contributed by atoms with Crippen LogP contribution in [0.2, 0.25) is 0 Å². The fourth-order valence-corrected chi connectivity index (χ4v) is 2.62. The zero-order chi connectivity index (χ0) is 17.6. The van der Waals surface area contributed by atoms with Gasteiger partial charge in [-0.1, -0.05) is 54.1 Å². The Morgan fingerprint density at radius 1 is 1.08 bits per heavy atom. The van der Waals surface area contributed by atoms with Gasteiger partial charge in [0.25, 0.3) is 0 Å². The highest BCUT2D eigenvalue weighted by Gasteiger charge is 2.15. The first-order chi connectivity index (χ1) is 11.3. The number of nitrogens with one attached hydrogen (secondary N) is 1. The van der Waals surface area contributed by atoms with E-state index in [1.807, 2.05) is 20.8 Å². The van der Waals surface area contributed by atoms with Crippen molar-refractivity contribution in [1.29, 1.82) is 0 Å². The molecule has 0 aliphatic carbocycles. The lowest BCUT2D eigenvalue weighted by Crippen LogP contribution is -2.33. The summed E-state index contributed by atoms with van der Waals surface area (Å²) in [6.45, 7) is 8.31. The van der Waals surface area contributed by atoms with Crippen LogP contribution in [0.25, 0.3) is 11.1 Å². The molecule has 0 spiro atoms. The summed E-state index contributed by atoms with van der Waals surface area (Å²) in [4.78, 5) is 11.7. The van der Waals surface area contributed by atoms with Crippen LogP contribution in [0.5, 0.6) is 0 Å². The second-order valence-electron chi connectivity index (χ2n) is 7.06. The molecular weight excluding hydrogens is 298 g/mol. The SMILES string of the molecule is Cc1cccc(-c2ccccc2CCCNC(=O)OC(C)(C)C)c1. The Balaban J connectivity index is 1.93. The van der Waals surface area contributed by atoms with Gasteiger partial charge >= 0.3 is 6.09 Å². The van der Waals surface area contributed by atoms with Crippen LogP contribution in [0.1, 0.15) is 38.3 Å². The van der Waals surface area contributed by atoms with Crippen molar-refractivity contribution < 1.29 is 9.53 Å². The van der Waals surface area contributed by atoms with E-state index in [0.717, 1.165) is 12.8 Å². The molecule has 0 aromatic heterocycles. The van der Waals surface area contributed by atoms with Crippen LogP contribution < -0.4 is 5.32 Å². The lowest BCUT2D eigenvalue weighted by atomic mass is 9.96. The highest BCUT2D eigenvalue weighted by molar-refractivity contribution is 5.68. The number of hydrogen-bond donors (Lipinski definition) is 1. The standard InChI is InChI=1S/C21H27NO2/c1-16-9-7-11-18(15-16)19-13-6-5-10-17(19)12-8-14-22-20(23)24-21(2,3)4/h5-7,9-11,13,15H,8,12,14H2,1-4H3,(H,22,23). The number of rotatable bonds is 5. The Bertz CT molecular complexity index is 686. The van der Waals surface area contributed by atoms with Gasteiger partial charge in [0.1, 0.15) is 5.60 Å². The number of carbonyl (C=O) groups is 1. The number of ether oxygens (including phenoxy) is 1. The Kier molecular flexibility index (Phi) is 6.02. The topological polar surface area (TPSA) is 38.3 Å². The number of hydrogen-bond acceptors (Lipinski definition) is 2. The number of benzene rings is 2. The van der Waals surface area contributed by atoms with Gasteiger partial charge < -0.3 is 10.1 Å². The lowest BCUT2D eigenvalue weighted by molar-refractivity contribution is 0.0527. The van der Waals surface area contributed by atoms with Crippen molar-refractivity contribution in [2.45, 2.75) is 46.1 Å². The minimum absolute atomic E-state index is 0.352. The van der Waals surface area contributed by atoms with Crippen molar-refractivity contribution in [3.05, 3.63) is 59.7 Å². The molecule has 1 N–H and O–H groups in total. The van der Waals surface area contributed by atoms with Gasteiger partial charge in [-0.25, -0.2) is 4.79 Å². The molecule has 3 heteroatoms. The van der Waals surface area contributed by atoms with Crippen molar-refractivity contribution in [2.24, 2.45) is 0 Å². The third-order valence-electron chi connectivity index (χ3n) is 3.64. The highest BCUT2D eigenvalue weighted by atomic mass is 16.6. The van der Waals surface area contributed by atoms with Gasteiger partial charge in [0.15, 0.2) is 0 Å². The fourth-order valence-electron chi connectivity index (χ4n) is 2.62. The van der Waals surface area contributed by atoms with E-state index >= 15 is 0 Å². The van der Waals surface area contributed by atoms with Crippen LogP contribution in [0.15, 0.2) is 48.5 Å². The van der Waals surface area contributed by atoms with E-state index in [-0.39, 0.29) is 6.09 Å². The summed E-state index contributed by atoms with van der Waals surface area (Å²) in [5.41, 5.74) is 4.61. The van der Waals surface area contributed by atoms with E-state index in [2.05, 4.69) is 60.8 Å². The molecule has 0 heterocycles. The van der Waals surface area contributed by atoms with Gasteiger partial charge in [0.2, 0.25) is 0 Å². The van der Waals surface area contributed by atoms with Crippen molar-refractivity contribution >= 4 is 6.09 Å². The molecule has 2 aromatic carbocycles. The Labute approximate surface area is 145 Å². The molecule has 0 radical (unpaired) electrons. The summed E-state index contributed by atoms with van der Waals surface area (Å²) in [5, 5.41) is 2.82. The maximum atomic E-state index is 11.7. The molecule has 0 saturated carbocycles. The molecule has 0 bridgehead atoms. The molecule has 24 heavy (non-hydrogen) atoms. The van der Waals surface area contributed by atoms with E-state index in [1.54, 1.807) is 0 Å². The van der Waals surface area contributed by atoms with Crippen LogP contribution >= 0.6 is 0 Å². The van der Waals surface area contributed by atoms with E-state index in [1.165, 1.54) is 22.3 Å². The molecule has 0 fully saturated rings. The minimum atomic E-state index is -0.456. The average Bonchev–Trinajstić information content (AvgIpc) is 2.50. The monoisotopic (exact) mass is 325 g/mol. The van der Waals surface area contributed by atoms with Gasteiger partial charge in [-0.3, -0.25) is 0 Å². The predicted molar refractivity (Wildman–Crippen MR) is 99.2 cm³/mol. The average molecular weight is 325 g/mol. The normalized spacial score (nSPS) is 11.2. The largest absolute Gasteiger partial charge is 0.444 e. The third kappa shape index (κ3) is 5.73. The van der Waals surface area contributed by atoms with Crippen molar-refractivity contribution in [3.63, 3.8) is 0 Å². The minimum Gasteiger partial charge on any atom is -0.444 e. The first kappa shape index (κ1) is 18.1. The van der Waals surface area contributed by atoms with Crippen LogP contribution in [0, 0.1) is 6.92 Å². The summed E-state index contributed by atoms with van der Waals surface area (Å²) in [7, 11) is 0. The van der Waals surface area contributed by atoms with E-state index in [0.29, 0.717) is 6.54 Å². The summed E-state index contributed by atoms with van der Waals surface area (Å²) >= 11 is 0. The van der Waals surface area contributed by atoms with E-state index in [4.69, 9.17) is 4.74 Å². The van der Waals surface area contributed by atoms with Crippen molar-refractivity contribution in [1.82, 2.24) is 5.32 Å². The summed E-state index contributed by atoms with van der Waals surface area (Å²) in [5.74, 6) is 0. The van der Waals surface area contributed by atoms with Crippen molar-refractivity contribution in [3.8, 4) is 11.1 Å². The van der Waals surface area contributed by atoms with Crippen LogP contribution in [0.3, 0.4) is 0 Å². The van der Waals surface area contributed by atoms with Crippen LogP contribution in [-0.2, 0) is 11.2 Å². The van der Waals surface area contributed by atoms with E-state index in [9.17, 15) is 4.79 Å². The Morgan fingerprint density at radius 2 is 1.83 bits per heavy atom. The molecule has 0 aliphatic rings. The number of carbonyl (C=O) groups excluding carboxylic acids is 1. The second-order valence-corrected chi connectivity index (χ2v) is 7.06. The molecule has 0 atom stereocenters. The Morgan fingerprint density at radius 3 is 2.54 bits per heavy atom. The molecule has 0 unspecified atom stereocenters. The van der Waals surface area contributed by atoms with Gasteiger partial charge in [-0.15, -0.1) is 0 Å². The van der Waals surface area contributed by atoms with Gasteiger partial charge in [0, 0.05) is 6.54 Å². The first-order valence-corrected chi connectivity index (χ1v) is 8.47. The van der Waals surface area contributed by atoms with Gasteiger partial charge in [-0.05, 0) is 57.2 Å². The fraction of sp³-hybridized carbons (Fsp3) is 0.381. The summed E-state index contributed by atoms with van der Waals surface area (Å²) in [6.07, 6.45) is 1.44. The van der Waals surface area contributed by atoms with Crippen LogP contribution in [-0.4, -0.2) is 18.2 Å². The third-order valence-corrected chi connectivity index (χ3v) is 3.64. The number of aryl methyl sites for hydroxylation is 2. The molecule has 3 nitrogen and oxygen atoms in total. The summed E-state index contributed by atoms with van der Waals surface area (Å²) in [6, 6.07) is 17.0. The lowest BCUT2D eigenvalue weighted by Gasteiger charge is -2.19. The number of amides is 1. The maximum absolute atomic E-state index is 11.7. The van der Waals surface area contributed by atoms with Gasteiger partial charge in [-0.2, -0.15) is 0 Å². The zero-order valence-corrected chi connectivity index (χ0v) is 15.1. The van der Waals surface area contributed by atoms with Gasteiger partial charge in [0.05, 0.1) is 0 Å². The van der Waals surface area contributed by atoms with Crippen LogP contribution in [0.4, 0.5) is 4.79 Å². The second kappa shape index (κ2) is 8.00. The van der Waals surface area contributed by atoms with Crippen molar-refractivity contribution in [2.75, 3.05) is 6.54 Å². The smallest absolute Gasteiger partial charge is 0.407 e. The summed E-state index contributed by atoms with van der Waals surface area (Å²) < 4.78 is 5.25. The maximum Gasteiger partial charge on any atom is 0.407 e. The molecule has 2 aromatic rings. The molecule has 128 valence electrons. The molecule has 2 rings (SSSR count). The highest BCUT2D eigenvalue weighted by Crippen LogP contribution is 2.25. The molecule has 0 aliphatic heterocycles. The number of alkyl carbamates (subject to hydrolysis) is 1. The predicted octanol–water partition coefficient (Wildman–Crippen LogP) is 5.12. The molecular formula is C21H27NO2. The quantitative estimate of drug-likeness (QED) is 0.775. The Hall–Kier alpha value is -2.29. The zero-order valence-electron chi connectivity index (χ0n) is 15.1. The molecule has 1 amide bonds. The molecule has 0 saturated heterocycles.